The van der Waals surface area contributed by atoms with Crippen LogP contribution in [0.4, 0.5) is 0 Å². The van der Waals surface area contributed by atoms with Gasteiger partial charge in [0, 0.05) is 21.8 Å². The molecule has 0 saturated carbocycles. The fourth-order valence-corrected chi connectivity index (χ4v) is 8.13. The second-order valence-electron chi connectivity index (χ2n) is 13.7. The molecule has 0 fully saturated rings. The minimum atomic E-state index is -0.0222. The molecule has 48 heavy (non-hydrogen) atoms. The van der Waals surface area contributed by atoms with E-state index in [1.165, 1.54) is 66.1 Å². The van der Waals surface area contributed by atoms with E-state index < -0.39 is 0 Å². The molecule has 226 valence electrons. The Morgan fingerprint density at radius 1 is 0.375 bits per heavy atom. The van der Waals surface area contributed by atoms with E-state index in [0.717, 1.165) is 33.1 Å². The van der Waals surface area contributed by atoms with Crippen LogP contribution in [-0.4, -0.2) is 0 Å². The summed E-state index contributed by atoms with van der Waals surface area (Å²) in [6.45, 7) is 4.72. The van der Waals surface area contributed by atoms with Crippen molar-refractivity contribution in [1.82, 2.24) is 0 Å². The molecule has 0 radical (unpaired) electrons. The van der Waals surface area contributed by atoms with Crippen LogP contribution in [0.5, 0.6) is 0 Å². The van der Waals surface area contributed by atoms with Crippen LogP contribution in [0.1, 0.15) is 25.0 Å². The Bertz CT molecular complexity index is 2740. The molecule has 1 aromatic heterocycles. The summed E-state index contributed by atoms with van der Waals surface area (Å²) in [6, 6.07) is 57.7. The molecule has 0 atom stereocenters. The van der Waals surface area contributed by atoms with Crippen molar-refractivity contribution in [2.24, 2.45) is 0 Å². The molecular weight excluding hydrogens is 581 g/mol. The van der Waals surface area contributed by atoms with Crippen LogP contribution in [0, 0.1) is 0 Å². The monoisotopic (exact) mass is 612 g/mol. The molecule has 0 spiro atoms. The molecule has 0 N–H and O–H groups in total. The van der Waals surface area contributed by atoms with Crippen LogP contribution < -0.4 is 0 Å². The van der Waals surface area contributed by atoms with Crippen molar-refractivity contribution in [1.29, 1.82) is 0 Å². The van der Waals surface area contributed by atoms with Crippen LogP contribution in [0.2, 0.25) is 0 Å². The smallest absolute Gasteiger partial charge is 0.143 e. The number of para-hydroxylation sites is 2. The number of hydrogen-bond acceptors (Lipinski definition) is 1. The van der Waals surface area contributed by atoms with E-state index in [1.807, 2.05) is 12.1 Å². The first-order chi connectivity index (χ1) is 23.5. The quantitative estimate of drug-likeness (QED) is 0.181. The van der Waals surface area contributed by atoms with Gasteiger partial charge in [0.1, 0.15) is 11.2 Å². The van der Waals surface area contributed by atoms with Gasteiger partial charge in [-0.3, -0.25) is 0 Å². The second-order valence-corrected chi connectivity index (χ2v) is 13.7. The molecule has 1 aliphatic carbocycles. The van der Waals surface area contributed by atoms with Gasteiger partial charge in [0.2, 0.25) is 0 Å². The summed E-state index contributed by atoms with van der Waals surface area (Å²) in [7, 11) is 0. The zero-order chi connectivity index (χ0) is 32.0. The third kappa shape index (κ3) is 3.98. The second kappa shape index (κ2) is 10.0. The van der Waals surface area contributed by atoms with Crippen LogP contribution in [0.25, 0.3) is 88.0 Å². The van der Waals surface area contributed by atoms with Crippen LogP contribution in [0.15, 0.2) is 162 Å². The molecule has 8 aromatic carbocycles. The van der Waals surface area contributed by atoms with E-state index in [2.05, 4.69) is 159 Å². The molecule has 10 rings (SSSR count). The normalized spacial score (nSPS) is 13.4. The fourth-order valence-electron chi connectivity index (χ4n) is 8.13. The maximum atomic E-state index is 6.35. The van der Waals surface area contributed by atoms with E-state index in [1.54, 1.807) is 0 Å². The van der Waals surface area contributed by atoms with Crippen molar-refractivity contribution < 1.29 is 4.42 Å². The Hall–Kier alpha value is -5.92. The molecule has 0 aliphatic heterocycles. The lowest BCUT2D eigenvalue weighted by Crippen LogP contribution is -2.14. The van der Waals surface area contributed by atoms with Crippen LogP contribution in [0.3, 0.4) is 0 Å². The summed E-state index contributed by atoms with van der Waals surface area (Å²) in [5.41, 5.74) is 14.5. The zero-order valence-electron chi connectivity index (χ0n) is 26.9. The Balaban J connectivity index is 1.02. The first-order valence-electron chi connectivity index (χ1n) is 16.8. The number of fused-ring (bicyclic) bond motifs is 9. The van der Waals surface area contributed by atoms with Gasteiger partial charge in [-0.1, -0.05) is 141 Å². The Labute approximate surface area is 279 Å². The number of furan rings is 1. The summed E-state index contributed by atoms with van der Waals surface area (Å²) < 4.78 is 6.35. The molecule has 0 unspecified atom stereocenters. The van der Waals surface area contributed by atoms with Gasteiger partial charge in [0.05, 0.1) is 0 Å². The SMILES string of the molecule is CC1(C)c2ccccc2-c2cc3ccc4ccc(-c5ccc(-c6cccc(-c7cccc8c7oc7ccccc78)c6)cc5)cc4c3cc21. The Morgan fingerprint density at radius 2 is 1.00 bits per heavy atom. The number of rotatable bonds is 3. The van der Waals surface area contributed by atoms with Gasteiger partial charge in [0.15, 0.2) is 0 Å². The molecule has 1 heterocycles. The van der Waals surface area contributed by atoms with Gasteiger partial charge in [-0.05, 0) is 102 Å². The van der Waals surface area contributed by atoms with E-state index in [4.69, 9.17) is 4.42 Å². The molecule has 1 nitrogen and oxygen atoms in total. The first kappa shape index (κ1) is 27.2. The highest BCUT2D eigenvalue weighted by molar-refractivity contribution is 6.11. The Kier molecular flexibility index (Phi) is 5.69. The van der Waals surface area contributed by atoms with Gasteiger partial charge in [0.25, 0.3) is 0 Å². The third-order valence-electron chi connectivity index (χ3n) is 10.7. The van der Waals surface area contributed by atoms with Crippen molar-refractivity contribution >= 4 is 43.5 Å². The van der Waals surface area contributed by atoms with Crippen molar-refractivity contribution in [3.63, 3.8) is 0 Å². The standard InChI is InChI=1S/C47H32O/c1-47(2)43-15-5-3-11-37(43)42-27-35-24-22-31-21-23-33(26-40(31)41(35)28-44(42)47)30-19-17-29(18-20-30)32-9-7-10-34(25-32)36-13-8-14-39-38-12-4-6-16-45(38)48-46(36)39/h3-28H,1-2H3. The van der Waals surface area contributed by atoms with E-state index in [0.29, 0.717) is 0 Å². The van der Waals surface area contributed by atoms with E-state index >= 15 is 0 Å². The zero-order valence-corrected chi connectivity index (χ0v) is 26.9. The van der Waals surface area contributed by atoms with Gasteiger partial charge in [-0.25, -0.2) is 0 Å². The van der Waals surface area contributed by atoms with Gasteiger partial charge in [-0.15, -0.1) is 0 Å². The highest BCUT2D eigenvalue weighted by atomic mass is 16.3. The highest BCUT2D eigenvalue weighted by Crippen LogP contribution is 2.50. The van der Waals surface area contributed by atoms with Crippen molar-refractivity contribution in [3.05, 3.63) is 169 Å². The summed E-state index contributed by atoms with van der Waals surface area (Å²) in [4.78, 5) is 0. The number of hydrogen-bond donors (Lipinski definition) is 0. The largest absolute Gasteiger partial charge is 0.455 e. The average Bonchev–Trinajstić information content (AvgIpc) is 3.63. The molecule has 0 saturated heterocycles. The summed E-state index contributed by atoms with van der Waals surface area (Å²) in [6.07, 6.45) is 0. The summed E-state index contributed by atoms with van der Waals surface area (Å²) in [5.74, 6) is 0. The molecule has 0 bridgehead atoms. The molecule has 1 heteroatoms. The van der Waals surface area contributed by atoms with Gasteiger partial charge in [-0.2, -0.15) is 0 Å². The van der Waals surface area contributed by atoms with Gasteiger partial charge < -0.3 is 4.42 Å². The average molecular weight is 613 g/mol. The molecule has 0 amide bonds. The highest BCUT2D eigenvalue weighted by Gasteiger charge is 2.35. The molecule has 9 aromatic rings. The topological polar surface area (TPSA) is 13.1 Å². The lowest BCUT2D eigenvalue weighted by atomic mass is 9.81. The third-order valence-corrected chi connectivity index (χ3v) is 10.7. The van der Waals surface area contributed by atoms with Crippen molar-refractivity contribution in [2.45, 2.75) is 19.3 Å². The fraction of sp³-hybridized carbons (Fsp3) is 0.0638. The molecular formula is C47H32O. The lowest BCUT2D eigenvalue weighted by Gasteiger charge is -2.22. The van der Waals surface area contributed by atoms with Crippen LogP contribution in [-0.2, 0) is 5.41 Å². The minimum Gasteiger partial charge on any atom is -0.455 e. The first-order valence-corrected chi connectivity index (χ1v) is 16.8. The van der Waals surface area contributed by atoms with Crippen LogP contribution >= 0.6 is 0 Å². The summed E-state index contributed by atoms with van der Waals surface area (Å²) >= 11 is 0. The summed E-state index contributed by atoms with van der Waals surface area (Å²) in [5, 5.41) is 7.49. The number of benzene rings is 8. The molecule has 1 aliphatic rings. The predicted molar refractivity (Wildman–Crippen MR) is 203 cm³/mol. The lowest BCUT2D eigenvalue weighted by molar-refractivity contribution is 0.661. The Morgan fingerprint density at radius 3 is 1.88 bits per heavy atom. The van der Waals surface area contributed by atoms with E-state index in [9.17, 15) is 0 Å². The maximum Gasteiger partial charge on any atom is 0.143 e. The van der Waals surface area contributed by atoms with E-state index in [-0.39, 0.29) is 5.41 Å². The maximum absolute atomic E-state index is 6.35. The van der Waals surface area contributed by atoms with Gasteiger partial charge >= 0.3 is 0 Å². The van der Waals surface area contributed by atoms with Crippen molar-refractivity contribution in [3.8, 4) is 44.5 Å². The predicted octanol–water partition coefficient (Wildman–Crippen LogP) is 13.2. The van der Waals surface area contributed by atoms with Crippen molar-refractivity contribution in [2.75, 3.05) is 0 Å². The minimum absolute atomic E-state index is 0.0222.